The highest BCUT2D eigenvalue weighted by molar-refractivity contribution is 6.09. The number of carbonyl (C=O) groups is 1. The number of fused-ring (bicyclic) bond motifs is 1. The number of methoxy groups -OCH3 is 1. The lowest BCUT2D eigenvalue weighted by Gasteiger charge is -2.11. The number of hydrogen-bond acceptors (Lipinski definition) is 3. The normalized spacial score (nSPS) is 10.9. The Bertz CT molecular complexity index is 1250. The van der Waals surface area contributed by atoms with Gasteiger partial charge in [-0.15, -0.1) is 0 Å². The molecular formula is C24H19F2NO3. The topological polar surface area (TPSA) is 51.5 Å². The molecular weight excluding hydrogens is 388 g/mol. The second kappa shape index (κ2) is 7.99. The average molecular weight is 407 g/mol. The molecule has 3 aromatic carbocycles. The molecule has 152 valence electrons. The van der Waals surface area contributed by atoms with Crippen molar-refractivity contribution in [3.8, 4) is 16.9 Å². The highest BCUT2D eigenvalue weighted by Crippen LogP contribution is 2.34. The third kappa shape index (κ3) is 3.64. The summed E-state index contributed by atoms with van der Waals surface area (Å²) in [6.45, 7) is 2.06. The van der Waals surface area contributed by atoms with Crippen molar-refractivity contribution in [2.75, 3.05) is 7.11 Å². The molecule has 1 N–H and O–H groups in total. The van der Waals surface area contributed by atoms with Crippen molar-refractivity contribution in [2.24, 2.45) is 0 Å². The summed E-state index contributed by atoms with van der Waals surface area (Å²) in [6, 6.07) is 14.7. The van der Waals surface area contributed by atoms with E-state index >= 15 is 0 Å². The summed E-state index contributed by atoms with van der Waals surface area (Å²) in [7, 11) is 1.62. The van der Waals surface area contributed by atoms with Gasteiger partial charge in [0.2, 0.25) is 0 Å². The SMILES string of the molecule is COc1ccc(-c2ccc(C(=O)NCc3ccc(F)c(F)c3)c3occc23)c(C)c1. The summed E-state index contributed by atoms with van der Waals surface area (Å²) in [6.07, 6.45) is 1.54. The Morgan fingerprint density at radius 2 is 1.80 bits per heavy atom. The number of nitrogens with one attached hydrogen (secondary N) is 1. The summed E-state index contributed by atoms with van der Waals surface area (Å²) in [4.78, 5) is 12.7. The van der Waals surface area contributed by atoms with Crippen LogP contribution in [0.4, 0.5) is 8.78 Å². The molecule has 0 aliphatic rings. The Hall–Kier alpha value is -3.67. The molecule has 6 heteroatoms. The van der Waals surface area contributed by atoms with Gasteiger partial charge in [0.1, 0.15) is 11.3 Å². The van der Waals surface area contributed by atoms with Crippen LogP contribution in [0.1, 0.15) is 21.5 Å². The van der Waals surface area contributed by atoms with Crippen LogP contribution in [0.3, 0.4) is 0 Å². The fraction of sp³-hybridized carbons (Fsp3) is 0.125. The van der Waals surface area contributed by atoms with E-state index in [1.807, 2.05) is 37.3 Å². The van der Waals surface area contributed by atoms with Crippen LogP contribution in [0.25, 0.3) is 22.1 Å². The van der Waals surface area contributed by atoms with Gasteiger partial charge in [0.25, 0.3) is 5.91 Å². The zero-order valence-electron chi connectivity index (χ0n) is 16.5. The maximum absolute atomic E-state index is 13.4. The van der Waals surface area contributed by atoms with Crippen LogP contribution in [-0.2, 0) is 6.54 Å². The van der Waals surface area contributed by atoms with Crippen molar-refractivity contribution in [1.29, 1.82) is 0 Å². The van der Waals surface area contributed by atoms with Gasteiger partial charge < -0.3 is 14.5 Å². The number of benzene rings is 3. The molecule has 0 saturated carbocycles. The molecule has 4 nitrogen and oxygen atoms in total. The first kappa shape index (κ1) is 19.6. The largest absolute Gasteiger partial charge is 0.497 e. The number of ether oxygens (including phenoxy) is 1. The van der Waals surface area contributed by atoms with Gasteiger partial charge in [-0.2, -0.15) is 0 Å². The molecule has 0 fully saturated rings. The van der Waals surface area contributed by atoms with Gasteiger partial charge in [-0.1, -0.05) is 18.2 Å². The monoisotopic (exact) mass is 407 g/mol. The molecule has 0 bridgehead atoms. The molecule has 0 aliphatic heterocycles. The fourth-order valence-corrected chi connectivity index (χ4v) is 3.47. The van der Waals surface area contributed by atoms with E-state index in [1.165, 1.54) is 6.07 Å². The van der Waals surface area contributed by atoms with Gasteiger partial charge in [-0.05, 0) is 65.6 Å². The second-order valence-electron chi connectivity index (χ2n) is 6.94. The predicted octanol–water partition coefficient (Wildman–Crippen LogP) is 5.63. The average Bonchev–Trinajstić information content (AvgIpc) is 3.24. The standard InChI is InChI=1S/C24H19F2NO3/c1-14-11-16(29-2)4-5-17(14)18-6-7-20(23-19(18)9-10-30-23)24(28)27-13-15-3-8-21(25)22(26)12-15/h3-12H,13H2,1-2H3,(H,27,28). The van der Waals surface area contributed by atoms with Gasteiger partial charge >= 0.3 is 0 Å². The molecule has 0 saturated heterocycles. The van der Waals surface area contributed by atoms with Crippen LogP contribution in [0.2, 0.25) is 0 Å². The van der Waals surface area contributed by atoms with Crippen LogP contribution in [0.15, 0.2) is 65.3 Å². The summed E-state index contributed by atoms with van der Waals surface area (Å²) >= 11 is 0. The van der Waals surface area contributed by atoms with Gasteiger partial charge in [-0.25, -0.2) is 8.78 Å². The lowest BCUT2D eigenvalue weighted by molar-refractivity contribution is 0.0951. The van der Waals surface area contributed by atoms with Gasteiger partial charge in [0, 0.05) is 11.9 Å². The summed E-state index contributed by atoms with van der Waals surface area (Å²) in [5.74, 6) is -1.47. The van der Waals surface area contributed by atoms with E-state index < -0.39 is 11.6 Å². The summed E-state index contributed by atoms with van der Waals surface area (Å²) in [5.41, 5.74) is 4.28. The summed E-state index contributed by atoms with van der Waals surface area (Å²) < 4.78 is 37.3. The minimum absolute atomic E-state index is 0.0670. The Balaban J connectivity index is 1.63. The van der Waals surface area contributed by atoms with Gasteiger partial charge in [0.05, 0.1) is 18.9 Å². The number of carbonyl (C=O) groups excluding carboxylic acids is 1. The number of rotatable bonds is 5. The Morgan fingerprint density at radius 3 is 2.53 bits per heavy atom. The third-order valence-corrected chi connectivity index (χ3v) is 5.02. The van der Waals surface area contributed by atoms with E-state index in [9.17, 15) is 13.6 Å². The minimum Gasteiger partial charge on any atom is -0.497 e. The van der Waals surface area contributed by atoms with Crippen LogP contribution in [-0.4, -0.2) is 13.0 Å². The molecule has 0 radical (unpaired) electrons. The van der Waals surface area contributed by atoms with Crippen molar-refractivity contribution >= 4 is 16.9 Å². The third-order valence-electron chi connectivity index (χ3n) is 5.02. The van der Waals surface area contributed by atoms with Crippen LogP contribution < -0.4 is 10.1 Å². The van der Waals surface area contributed by atoms with Gasteiger partial charge in [0.15, 0.2) is 11.6 Å². The van der Waals surface area contributed by atoms with E-state index in [0.29, 0.717) is 16.7 Å². The van der Waals surface area contributed by atoms with E-state index in [2.05, 4.69) is 5.32 Å². The smallest absolute Gasteiger partial charge is 0.255 e. The van der Waals surface area contributed by atoms with Crippen molar-refractivity contribution < 1.29 is 22.7 Å². The molecule has 4 aromatic rings. The number of halogens is 2. The number of aryl methyl sites for hydroxylation is 1. The first-order chi connectivity index (χ1) is 14.5. The Kier molecular flexibility index (Phi) is 5.23. The lowest BCUT2D eigenvalue weighted by atomic mass is 9.95. The fourth-order valence-electron chi connectivity index (χ4n) is 3.47. The maximum Gasteiger partial charge on any atom is 0.255 e. The molecule has 4 rings (SSSR count). The molecule has 0 aliphatic carbocycles. The highest BCUT2D eigenvalue weighted by Gasteiger charge is 2.17. The molecule has 30 heavy (non-hydrogen) atoms. The van der Waals surface area contributed by atoms with Crippen LogP contribution in [0, 0.1) is 18.6 Å². The van der Waals surface area contributed by atoms with Crippen molar-refractivity contribution in [3.05, 3.63) is 89.2 Å². The van der Waals surface area contributed by atoms with Crippen molar-refractivity contribution in [3.63, 3.8) is 0 Å². The number of hydrogen-bond donors (Lipinski definition) is 1. The van der Waals surface area contributed by atoms with E-state index in [-0.39, 0.29) is 12.5 Å². The molecule has 0 atom stereocenters. The molecule has 0 unspecified atom stereocenters. The van der Waals surface area contributed by atoms with E-state index in [4.69, 9.17) is 9.15 Å². The quantitative estimate of drug-likeness (QED) is 0.467. The molecule has 1 heterocycles. The second-order valence-corrected chi connectivity index (χ2v) is 6.94. The van der Waals surface area contributed by atoms with E-state index in [1.54, 1.807) is 19.4 Å². The van der Waals surface area contributed by atoms with Crippen LogP contribution in [0.5, 0.6) is 5.75 Å². The minimum atomic E-state index is -0.950. The number of furan rings is 1. The zero-order valence-corrected chi connectivity index (χ0v) is 16.5. The van der Waals surface area contributed by atoms with Crippen molar-refractivity contribution in [1.82, 2.24) is 5.32 Å². The molecule has 1 aromatic heterocycles. The Morgan fingerprint density at radius 1 is 1.00 bits per heavy atom. The highest BCUT2D eigenvalue weighted by atomic mass is 19.2. The summed E-state index contributed by atoms with van der Waals surface area (Å²) in [5, 5.41) is 3.53. The van der Waals surface area contributed by atoms with Crippen LogP contribution >= 0.6 is 0 Å². The lowest BCUT2D eigenvalue weighted by Crippen LogP contribution is -2.23. The maximum atomic E-state index is 13.4. The first-order valence-corrected chi connectivity index (χ1v) is 9.35. The Labute approximate surface area is 172 Å². The number of amides is 1. The first-order valence-electron chi connectivity index (χ1n) is 9.35. The van der Waals surface area contributed by atoms with Gasteiger partial charge in [-0.3, -0.25) is 4.79 Å². The van der Waals surface area contributed by atoms with E-state index in [0.717, 1.165) is 40.0 Å². The molecule has 1 amide bonds. The molecule has 0 spiro atoms. The van der Waals surface area contributed by atoms with Crippen molar-refractivity contribution in [2.45, 2.75) is 13.5 Å². The predicted molar refractivity (Wildman–Crippen MR) is 110 cm³/mol. The zero-order chi connectivity index (χ0) is 21.3.